The number of nitrogens with zero attached hydrogens (tertiary/aromatic N) is 2. The van der Waals surface area contributed by atoms with Crippen molar-refractivity contribution in [2.75, 3.05) is 18.7 Å². The summed E-state index contributed by atoms with van der Waals surface area (Å²) in [5.74, 6) is 0.870. The number of nitrogens with one attached hydrogen (secondary N) is 1. The minimum absolute atomic E-state index is 0.743. The number of hydrogen-bond acceptors (Lipinski definition) is 6. The number of ether oxygens (including phenoxy) is 1. The molecule has 0 aliphatic carbocycles. The van der Waals surface area contributed by atoms with Gasteiger partial charge in [-0.2, -0.15) is 9.36 Å². The van der Waals surface area contributed by atoms with Crippen LogP contribution in [-0.2, 0) is 6.54 Å². The molecule has 0 radical (unpaired) electrons. The summed E-state index contributed by atoms with van der Waals surface area (Å²) in [6.45, 7) is 0.743. The molecule has 17 heavy (non-hydrogen) atoms. The SMILES string of the molecule is COc1ccc(CNc2nc(SC)ns2)cc1. The van der Waals surface area contributed by atoms with E-state index in [0.717, 1.165) is 22.6 Å². The zero-order valence-corrected chi connectivity index (χ0v) is 11.3. The van der Waals surface area contributed by atoms with Crippen LogP contribution in [0.15, 0.2) is 29.4 Å². The molecule has 0 saturated carbocycles. The zero-order chi connectivity index (χ0) is 12.1. The van der Waals surface area contributed by atoms with Gasteiger partial charge in [-0.3, -0.25) is 0 Å². The van der Waals surface area contributed by atoms with Crippen LogP contribution in [0.2, 0.25) is 0 Å². The molecule has 1 N–H and O–H groups in total. The van der Waals surface area contributed by atoms with Crippen molar-refractivity contribution in [3.8, 4) is 5.75 Å². The predicted molar refractivity (Wildman–Crippen MR) is 72.0 cm³/mol. The maximum atomic E-state index is 5.11. The van der Waals surface area contributed by atoms with Crippen molar-refractivity contribution < 1.29 is 4.74 Å². The van der Waals surface area contributed by atoms with Crippen LogP contribution in [0.4, 0.5) is 5.13 Å². The lowest BCUT2D eigenvalue weighted by Crippen LogP contribution is -1.98. The van der Waals surface area contributed by atoms with Crippen molar-refractivity contribution in [1.29, 1.82) is 0 Å². The Kier molecular flexibility index (Phi) is 4.22. The lowest BCUT2D eigenvalue weighted by Gasteiger charge is -2.03. The van der Waals surface area contributed by atoms with Gasteiger partial charge in [-0.05, 0) is 24.0 Å². The Morgan fingerprint density at radius 2 is 2.12 bits per heavy atom. The van der Waals surface area contributed by atoms with E-state index in [2.05, 4.69) is 14.7 Å². The van der Waals surface area contributed by atoms with Crippen LogP contribution in [0, 0.1) is 0 Å². The fourth-order valence-corrected chi connectivity index (χ4v) is 2.41. The number of anilines is 1. The molecule has 0 aliphatic rings. The summed E-state index contributed by atoms with van der Waals surface area (Å²) in [5.41, 5.74) is 1.19. The van der Waals surface area contributed by atoms with Gasteiger partial charge >= 0.3 is 0 Å². The highest BCUT2D eigenvalue weighted by Crippen LogP contribution is 2.18. The minimum Gasteiger partial charge on any atom is -0.497 e. The molecule has 2 rings (SSSR count). The highest BCUT2D eigenvalue weighted by Gasteiger charge is 2.02. The summed E-state index contributed by atoms with van der Waals surface area (Å²) in [6, 6.07) is 7.96. The van der Waals surface area contributed by atoms with Crippen molar-refractivity contribution in [3.05, 3.63) is 29.8 Å². The van der Waals surface area contributed by atoms with Gasteiger partial charge in [0, 0.05) is 18.1 Å². The number of hydrogen-bond donors (Lipinski definition) is 1. The molecule has 0 bridgehead atoms. The fourth-order valence-electron chi connectivity index (χ4n) is 1.29. The van der Waals surface area contributed by atoms with Gasteiger partial charge in [0.15, 0.2) is 0 Å². The van der Waals surface area contributed by atoms with Crippen molar-refractivity contribution in [3.63, 3.8) is 0 Å². The molecule has 0 saturated heterocycles. The van der Waals surface area contributed by atoms with Crippen LogP contribution < -0.4 is 10.1 Å². The molecule has 4 nitrogen and oxygen atoms in total. The van der Waals surface area contributed by atoms with Gasteiger partial charge in [0.1, 0.15) is 5.75 Å². The lowest BCUT2D eigenvalue weighted by atomic mass is 10.2. The second-order valence-electron chi connectivity index (χ2n) is 3.29. The number of benzene rings is 1. The molecule has 0 spiro atoms. The third-order valence-corrected chi connectivity index (χ3v) is 3.53. The molecule has 0 atom stereocenters. The standard InChI is InChI=1S/C11H13N3OS2/c1-15-9-5-3-8(4-6-9)7-12-10-13-11(16-2)14-17-10/h3-6H,7H2,1-2H3,(H,12,13,14). The van der Waals surface area contributed by atoms with E-state index in [9.17, 15) is 0 Å². The minimum atomic E-state index is 0.743. The van der Waals surface area contributed by atoms with Gasteiger partial charge in [0.25, 0.3) is 0 Å². The Morgan fingerprint density at radius 1 is 1.35 bits per heavy atom. The zero-order valence-electron chi connectivity index (χ0n) is 9.64. The molecule has 0 amide bonds. The monoisotopic (exact) mass is 267 g/mol. The quantitative estimate of drug-likeness (QED) is 0.844. The van der Waals surface area contributed by atoms with Crippen LogP contribution >= 0.6 is 23.3 Å². The fraction of sp³-hybridized carbons (Fsp3) is 0.273. The van der Waals surface area contributed by atoms with Gasteiger partial charge in [-0.15, -0.1) is 0 Å². The van der Waals surface area contributed by atoms with E-state index in [-0.39, 0.29) is 0 Å². The van der Waals surface area contributed by atoms with Crippen LogP contribution in [0.5, 0.6) is 5.75 Å². The van der Waals surface area contributed by atoms with Gasteiger partial charge < -0.3 is 10.1 Å². The molecule has 1 heterocycles. The molecule has 1 aromatic heterocycles. The summed E-state index contributed by atoms with van der Waals surface area (Å²) in [5, 5.41) is 4.91. The molecule has 0 fully saturated rings. The van der Waals surface area contributed by atoms with Crippen LogP contribution in [0.25, 0.3) is 0 Å². The van der Waals surface area contributed by atoms with E-state index in [1.54, 1.807) is 18.9 Å². The molecule has 0 aliphatic heterocycles. The largest absolute Gasteiger partial charge is 0.497 e. The van der Waals surface area contributed by atoms with Gasteiger partial charge in [0.2, 0.25) is 10.3 Å². The van der Waals surface area contributed by atoms with E-state index in [1.165, 1.54) is 17.1 Å². The first kappa shape index (κ1) is 12.2. The smallest absolute Gasteiger partial charge is 0.203 e. The maximum Gasteiger partial charge on any atom is 0.203 e. The van der Waals surface area contributed by atoms with E-state index in [1.807, 2.05) is 30.5 Å². The summed E-state index contributed by atoms with van der Waals surface area (Å²) in [7, 11) is 1.67. The number of thioether (sulfide) groups is 1. The second kappa shape index (κ2) is 5.88. The number of rotatable bonds is 5. The summed E-state index contributed by atoms with van der Waals surface area (Å²) in [4.78, 5) is 4.31. The van der Waals surface area contributed by atoms with E-state index >= 15 is 0 Å². The molecule has 2 aromatic rings. The Balaban J connectivity index is 1.92. The summed E-state index contributed by atoms with van der Waals surface area (Å²) < 4.78 is 9.29. The van der Waals surface area contributed by atoms with E-state index in [0.29, 0.717) is 0 Å². The van der Waals surface area contributed by atoms with E-state index < -0.39 is 0 Å². The Bertz CT molecular complexity index is 470. The average Bonchev–Trinajstić information content (AvgIpc) is 2.85. The summed E-state index contributed by atoms with van der Waals surface area (Å²) >= 11 is 2.93. The molecule has 0 unspecified atom stereocenters. The van der Waals surface area contributed by atoms with Crippen molar-refractivity contribution in [2.24, 2.45) is 0 Å². The highest BCUT2D eigenvalue weighted by atomic mass is 32.2. The van der Waals surface area contributed by atoms with Crippen molar-refractivity contribution in [1.82, 2.24) is 9.36 Å². The van der Waals surface area contributed by atoms with Gasteiger partial charge in [-0.1, -0.05) is 23.9 Å². The first-order chi connectivity index (χ1) is 8.31. The van der Waals surface area contributed by atoms with Gasteiger partial charge in [0.05, 0.1) is 7.11 Å². The first-order valence-electron chi connectivity index (χ1n) is 5.06. The average molecular weight is 267 g/mol. The van der Waals surface area contributed by atoms with Crippen LogP contribution in [0.3, 0.4) is 0 Å². The van der Waals surface area contributed by atoms with Crippen LogP contribution in [-0.4, -0.2) is 22.7 Å². The third kappa shape index (κ3) is 3.34. The van der Waals surface area contributed by atoms with Crippen LogP contribution in [0.1, 0.15) is 5.56 Å². The number of aromatic nitrogens is 2. The molecule has 90 valence electrons. The molecular formula is C11H13N3OS2. The Morgan fingerprint density at radius 3 is 2.71 bits per heavy atom. The molecular weight excluding hydrogens is 254 g/mol. The number of methoxy groups -OCH3 is 1. The molecule has 1 aromatic carbocycles. The highest BCUT2D eigenvalue weighted by molar-refractivity contribution is 7.98. The normalized spacial score (nSPS) is 10.2. The maximum absolute atomic E-state index is 5.11. The lowest BCUT2D eigenvalue weighted by molar-refractivity contribution is 0.414. The topological polar surface area (TPSA) is 47.0 Å². The third-order valence-electron chi connectivity index (χ3n) is 2.19. The van der Waals surface area contributed by atoms with Crippen molar-refractivity contribution >= 4 is 28.4 Å². The Labute approximate surface area is 109 Å². The van der Waals surface area contributed by atoms with E-state index in [4.69, 9.17) is 4.74 Å². The first-order valence-corrected chi connectivity index (χ1v) is 7.06. The summed E-state index contributed by atoms with van der Waals surface area (Å²) in [6.07, 6.45) is 1.97. The van der Waals surface area contributed by atoms with Gasteiger partial charge in [-0.25, -0.2) is 0 Å². The second-order valence-corrected chi connectivity index (χ2v) is 4.81. The van der Waals surface area contributed by atoms with Crippen molar-refractivity contribution in [2.45, 2.75) is 11.7 Å². The molecule has 6 heteroatoms. The predicted octanol–water partition coefficient (Wildman–Crippen LogP) is 2.88. The Hall–Kier alpha value is -1.27.